The second kappa shape index (κ2) is 9.50. The van der Waals surface area contributed by atoms with Crippen molar-refractivity contribution in [2.45, 2.75) is 13.1 Å². The Bertz CT molecular complexity index is 1290. The lowest BCUT2D eigenvalue weighted by atomic mass is 10.1. The van der Waals surface area contributed by atoms with Gasteiger partial charge in [0, 0.05) is 43.3 Å². The molecule has 0 saturated heterocycles. The van der Waals surface area contributed by atoms with Crippen LogP contribution in [0.2, 0.25) is 5.02 Å². The van der Waals surface area contributed by atoms with Gasteiger partial charge in [-0.15, -0.1) is 10.2 Å². The lowest BCUT2D eigenvalue weighted by Crippen LogP contribution is -2.19. The van der Waals surface area contributed by atoms with Gasteiger partial charge in [-0.05, 0) is 35.4 Å². The van der Waals surface area contributed by atoms with Gasteiger partial charge in [-0.25, -0.2) is 4.85 Å². The molecule has 0 unspecified atom stereocenters. The molecule has 7 nitrogen and oxygen atoms in total. The van der Waals surface area contributed by atoms with Gasteiger partial charge in [0.15, 0.2) is 17.3 Å². The quantitative estimate of drug-likeness (QED) is 0.380. The van der Waals surface area contributed by atoms with E-state index in [0.29, 0.717) is 35.4 Å². The summed E-state index contributed by atoms with van der Waals surface area (Å²) in [6.07, 6.45) is 3.58. The zero-order valence-electron chi connectivity index (χ0n) is 17.7. The van der Waals surface area contributed by atoms with E-state index in [-0.39, 0.29) is 0 Å². The second-order valence-electron chi connectivity index (χ2n) is 7.25. The standard InChI is InChI=1S/C24H21ClN6O/c1-26-18-7-8-19-20(12-18)23(28-14-16-6-9-22(32-3)21(25)11-16)29-30-24(19)31(2)15-17-5-4-10-27-13-17/h4-13H,14-15H2,2-3H3,(H,28,29). The molecular formula is C24H21ClN6O. The molecule has 0 aliphatic heterocycles. The van der Waals surface area contributed by atoms with E-state index in [2.05, 4.69) is 25.3 Å². The van der Waals surface area contributed by atoms with E-state index in [0.717, 1.165) is 27.7 Å². The zero-order chi connectivity index (χ0) is 22.5. The molecule has 0 aliphatic rings. The summed E-state index contributed by atoms with van der Waals surface area (Å²) in [7, 11) is 3.55. The van der Waals surface area contributed by atoms with Crippen LogP contribution in [0.15, 0.2) is 60.9 Å². The molecule has 2 aromatic carbocycles. The minimum atomic E-state index is 0.501. The minimum Gasteiger partial charge on any atom is -0.495 e. The lowest BCUT2D eigenvalue weighted by Gasteiger charge is -2.20. The lowest BCUT2D eigenvalue weighted by molar-refractivity contribution is 0.415. The maximum atomic E-state index is 7.40. The molecule has 4 aromatic rings. The van der Waals surface area contributed by atoms with Gasteiger partial charge in [0.05, 0.1) is 18.7 Å². The molecule has 0 spiro atoms. The average Bonchev–Trinajstić information content (AvgIpc) is 2.82. The number of fused-ring (bicyclic) bond motifs is 1. The summed E-state index contributed by atoms with van der Waals surface area (Å²) in [6.45, 7) is 8.54. The molecule has 32 heavy (non-hydrogen) atoms. The Balaban J connectivity index is 1.65. The molecule has 4 rings (SSSR count). The summed E-state index contributed by atoms with van der Waals surface area (Å²) in [6, 6.07) is 15.1. The highest BCUT2D eigenvalue weighted by atomic mass is 35.5. The number of hydrogen-bond acceptors (Lipinski definition) is 6. The molecular weight excluding hydrogens is 424 g/mol. The largest absolute Gasteiger partial charge is 0.495 e. The number of methoxy groups -OCH3 is 1. The SMILES string of the molecule is [C-]#[N+]c1ccc2c(N(C)Cc3cccnc3)nnc(NCc3ccc(OC)c(Cl)c3)c2c1. The van der Waals surface area contributed by atoms with E-state index in [1.807, 2.05) is 60.6 Å². The maximum absolute atomic E-state index is 7.40. The third-order valence-electron chi connectivity index (χ3n) is 5.05. The second-order valence-corrected chi connectivity index (χ2v) is 7.66. The summed E-state index contributed by atoms with van der Waals surface area (Å²) in [4.78, 5) is 9.78. The molecule has 160 valence electrons. The van der Waals surface area contributed by atoms with Crippen LogP contribution >= 0.6 is 11.6 Å². The van der Waals surface area contributed by atoms with Crippen molar-refractivity contribution in [1.82, 2.24) is 15.2 Å². The van der Waals surface area contributed by atoms with Crippen molar-refractivity contribution in [3.05, 3.63) is 88.5 Å². The van der Waals surface area contributed by atoms with Crippen LogP contribution in [0.4, 0.5) is 17.3 Å². The fourth-order valence-electron chi connectivity index (χ4n) is 3.46. The van der Waals surface area contributed by atoms with Crippen LogP contribution in [0, 0.1) is 6.57 Å². The predicted octanol–water partition coefficient (Wildman–Crippen LogP) is 5.49. The van der Waals surface area contributed by atoms with E-state index in [1.165, 1.54) is 0 Å². The van der Waals surface area contributed by atoms with Crippen molar-refractivity contribution in [3.8, 4) is 5.75 Å². The van der Waals surface area contributed by atoms with E-state index >= 15 is 0 Å². The van der Waals surface area contributed by atoms with E-state index < -0.39 is 0 Å². The van der Waals surface area contributed by atoms with Crippen LogP contribution in [-0.4, -0.2) is 29.3 Å². The number of nitrogens with zero attached hydrogens (tertiary/aromatic N) is 5. The third-order valence-corrected chi connectivity index (χ3v) is 5.35. The number of benzene rings is 2. The molecule has 0 aliphatic carbocycles. The first-order valence-electron chi connectivity index (χ1n) is 9.93. The number of nitrogens with one attached hydrogen (secondary N) is 1. The first-order chi connectivity index (χ1) is 15.6. The van der Waals surface area contributed by atoms with E-state index in [1.54, 1.807) is 19.4 Å². The van der Waals surface area contributed by atoms with Crippen LogP contribution in [0.3, 0.4) is 0 Å². The number of hydrogen-bond donors (Lipinski definition) is 1. The molecule has 0 radical (unpaired) electrons. The third kappa shape index (κ3) is 4.56. The van der Waals surface area contributed by atoms with Gasteiger partial charge in [0.2, 0.25) is 0 Å². The molecule has 0 fully saturated rings. The first kappa shape index (κ1) is 21.3. The van der Waals surface area contributed by atoms with Crippen molar-refractivity contribution in [3.63, 3.8) is 0 Å². The topological polar surface area (TPSA) is 67.5 Å². The molecule has 0 atom stereocenters. The normalized spacial score (nSPS) is 10.6. The fraction of sp³-hybridized carbons (Fsp3) is 0.167. The molecule has 0 amide bonds. The van der Waals surface area contributed by atoms with Crippen molar-refractivity contribution in [2.75, 3.05) is 24.4 Å². The molecule has 0 bridgehead atoms. The summed E-state index contributed by atoms with van der Waals surface area (Å²) < 4.78 is 5.21. The zero-order valence-corrected chi connectivity index (χ0v) is 18.5. The van der Waals surface area contributed by atoms with E-state index in [4.69, 9.17) is 22.9 Å². The molecule has 8 heteroatoms. The van der Waals surface area contributed by atoms with Crippen LogP contribution in [0.5, 0.6) is 5.75 Å². The minimum absolute atomic E-state index is 0.501. The number of ether oxygens (including phenoxy) is 1. The summed E-state index contributed by atoms with van der Waals surface area (Å²) in [5.74, 6) is 1.97. The van der Waals surface area contributed by atoms with Crippen molar-refractivity contribution in [2.24, 2.45) is 0 Å². The van der Waals surface area contributed by atoms with Gasteiger partial charge < -0.3 is 15.0 Å². The predicted molar refractivity (Wildman–Crippen MR) is 127 cm³/mol. The fourth-order valence-corrected chi connectivity index (χ4v) is 3.74. The number of halogens is 1. The summed E-state index contributed by atoms with van der Waals surface area (Å²) >= 11 is 6.24. The Morgan fingerprint density at radius 2 is 1.97 bits per heavy atom. The van der Waals surface area contributed by atoms with Gasteiger partial charge in [-0.1, -0.05) is 35.9 Å². The van der Waals surface area contributed by atoms with Crippen molar-refractivity contribution < 1.29 is 4.74 Å². The maximum Gasteiger partial charge on any atom is 0.188 e. The smallest absolute Gasteiger partial charge is 0.188 e. The monoisotopic (exact) mass is 444 g/mol. The van der Waals surface area contributed by atoms with Crippen molar-refractivity contribution in [1.29, 1.82) is 0 Å². The Morgan fingerprint density at radius 1 is 1.09 bits per heavy atom. The Hall–Kier alpha value is -3.89. The highest BCUT2D eigenvalue weighted by Crippen LogP contribution is 2.32. The Kier molecular flexibility index (Phi) is 6.34. The Morgan fingerprint density at radius 3 is 2.69 bits per heavy atom. The number of rotatable bonds is 7. The van der Waals surface area contributed by atoms with Crippen molar-refractivity contribution >= 4 is 39.7 Å². The van der Waals surface area contributed by atoms with Crippen LogP contribution in [-0.2, 0) is 13.1 Å². The summed E-state index contributed by atoms with van der Waals surface area (Å²) in [5.41, 5.74) is 2.59. The summed E-state index contributed by atoms with van der Waals surface area (Å²) in [5, 5.41) is 14.5. The number of pyridine rings is 1. The Labute approximate surface area is 191 Å². The molecule has 0 saturated carbocycles. The highest BCUT2D eigenvalue weighted by Gasteiger charge is 2.14. The van der Waals surface area contributed by atoms with Gasteiger partial charge in [-0.3, -0.25) is 4.98 Å². The van der Waals surface area contributed by atoms with Gasteiger partial charge in [-0.2, -0.15) is 0 Å². The molecule has 1 N–H and O–H groups in total. The van der Waals surface area contributed by atoms with Gasteiger partial charge >= 0.3 is 0 Å². The van der Waals surface area contributed by atoms with Crippen LogP contribution in [0.1, 0.15) is 11.1 Å². The van der Waals surface area contributed by atoms with Crippen LogP contribution in [0.25, 0.3) is 15.6 Å². The number of anilines is 2. The van der Waals surface area contributed by atoms with E-state index in [9.17, 15) is 0 Å². The highest BCUT2D eigenvalue weighted by molar-refractivity contribution is 6.32. The van der Waals surface area contributed by atoms with Gasteiger partial charge in [0.1, 0.15) is 5.75 Å². The van der Waals surface area contributed by atoms with Gasteiger partial charge in [0.25, 0.3) is 0 Å². The molecule has 2 heterocycles. The van der Waals surface area contributed by atoms with Crippen LogP contribution < -0.4 is 15.0 Å². The number of aromatic nitrogens is 3. The molecule has 2 aromatic heterocycles. The first-order valence-corrected chi connectivity index (χ1v) is 10.3. The average molecular weight is 445 g/mol.